The Bertz CT molecular complexity index is 840. The van der Waals surface area contributed by atoms with Gasteiger partial charge in [0.15, 0.2) is 0 Å². The van der Waals surface area contributed by atoms with Gasteiger partial charge < -0.3 is 15.0 Å². The first-order valence-corrected chi connectivity index (χ1v) is 7.58. The number of aromatic nitrogens is 2. The van der Waals surface area contributed by atoms with E-state index in [9.17, 15) is 0 Å². The van der Waals surface area contributed by atoms with Crippen molar-refractivity contribution in [2.24, 2.45) is 0 Å². The summed E-state index contributed by atoms with van der Waals surface area (Å²) in [6, 6.07) is 9.32. The maximum absolute atomic E-state index is 6.15. The first kappa shape index (κ1) is 15.2. The van der Waals surface area contributed by atoms with Gasteiger partial charge in [-0.2, -0.15) is 0 Å². The van der Waals surface area contributed by atoms with E-state index in [0.717, 1.165) is 29.1 Å². The first-order chi connectivity index (χ1) is 10.5. The molecule has 114 valence electrons. The second-order valence-electron chi connectivity index (χ2n) is 5.46. The Kier molecular flexibility index (Phi) is 4.00. The van der Waals surface area contributed by atoms with E-state index in [1.54, 1.807) is 6.07 Å². The second-order valence-corrected chi connectivity index (χ2v) is 6.28. The van der Waals surface area contributed by atoms with E-state index < -0.39 is 0 Å². The molecular weight excluding hydrogens is 319 g/mol. The van der Waals surface area contributed by atoms with Gasteiger partial charge in [0.05, 0.1) is 21.4 Å². The number of fused-ring (bicyclic) bond motifs is 1. The number of anilines is 1. The minimum absolute atomic E-state index is 0.520. The Balaban J connectivity index is 2.25. The molecule has 6 heteroatoms. The number of hydrogen-bond acceptors (Lipinski definition) is 3. The molecule has 3 rings (SSSR count). The number of benzene rings is 1. The molecule has 0 saturated carbocycles. The van der Waals surface area contributed by atoms with Crippen LogP contribution in [-0.4, -0.2) is 28.4 Å². The van der Waals surface area contributed by atoms with E-state index in [2.05, 4.69) is 4.90 Å². The molecule has 22 heavy (non-hydrogen) atoms. The molecule has 0 aliphatic rings. The van der Waals surface area contributed by atoms with E-state index in [-0.39, 0.29) is 0 Å². The molecule has 0 saturated heterocycles. The number of imidazole rings is 1. The summed E-state index contributed by atoms with van der Waals surface area (Å²) in [4.78, 5) is 6.82. The van der Waals surface area contributed by atoms with Crippen molar-refractivity contribution in [2.45, 2.75) is 6.54 Å². The minimum atomic E-state index is 0.520. The molecule has 0 fully saturated rings. The van der Waals surface area contributed by atoms with Crippen molar-refractivity contribution in [2.75, 3.05) is 19.8 Å². The minimum Gasteiger partial charge on any atom is -0.398 e. The summed E-state index contributed by atoms with van der Waals surface area (Å²) in [6.07, 6.45) is 1.89. The van der Waals surface area contributed by atoms with E-state index >= 15 is 0 Å². The van der Waals surface area contributed by atoms with Gasteiger partial charge in [0.2, 0.25) is 0 Å². The van der Waals surface area contributed by atoms with Gasteiger partial charge in [-0.3, -0.25) is 0 Å². The Morgan fingerprint density at radius 2 is 1.91 bits per heavy atom. The van der Waals surface area contributed by atoms with Crippen LogP contribution in [0, 0.1) is 0 Å². The van der Waals surface area contributed by atoms with Gasteiger partial charge in [-0.05, 0) is 38.4 Å². The van der Waals surface area contributed by atoms with Gasteiger partial charge in [0.25, 0.3) is 0 Å². The molecule has 0 spiro atoms. The van der Waals surface area contributed by atoms with Crippen LogP contribution in [0.25, 0.3) is 16.9 Å². The average Bonchev–Trinajstić information content (AvgIpc) is 2.79. The number of hydrogen-bond donors (Lipinski definition) is 1. The third-order valence-electron chi connectivity index (χ3n) is 3.40. The maximum Gasteiger partial charge on any atom is 0.137 e. The molecule has 2 heterocycles. The zero-order valence-corrected chi connectivity index (χ0v) is 13.9. The molecule has 0 aliphatic carbocycles. The van der Waals surface area contributed by atoms with E-state index in [1.807, 2.05) is 49.0 Å². The molecule has 0 aliphatic heterocycles. The van der Waals surface area contributed by atoms with Crippen LogP contribution in [0.4, 0.5) is 5.69 Å². The zero-order chi connectivity index (χ0) is 15.9. The fourth-order valence-corrected chi connectivity index (χ4v) is 2.73. The Morgan fingerprint density at radius 3 is 2.59 bits per heavy atom. The maximum atomic E-state index is 6.15. The quantitative estimate of drug-likeness (QED) is 0.788. The zero-order valence-electron chi connectivity index (χ0n) is 12.3. The summed E-state index contributed by atoms with van der Waals surface area (Å²) in [7, 11) is 4.04. The highest BCUT2D eigenvalue weighted by molar-refractivity contribution is 6.42. The van der Waals surface area contributed by atoms with E-state index in [0.29, 0.717) is 15.7 Å². The van der Waals surface area contributed by atoms with Gasteiger partial charge in [-0.25, -0.2) is 4.98 Å². The number of pyridine rings is 1. The number of nitrogens with two attached hydrogens (primary N) is 1. The highest BCUT2D eigenvalue weighted by atomic mass is 35.5. The number of halogens is 2. The molecule has 0 amide bonds. The fourth-order valence-electron chi connectivity index (χ4n) is 2.43. The Morgan fingerprint density at radius 1 is 1.14 bits per heavy atom. The fraction of sp³-hybridized carbons (Fsp3) is 0.188. The first-order valence-electron chi connectivity index (χ1n) is 6.82. The third kappa shape index (κ3) is 2.77. The van der Waals surface area contributed by atoms with Crippen molar-refractivity contribution in [3.8, 4) is 11.3 Å². The lowest BCUT2D eigenvalue weighted by atomic mass is 10.1. The van der Waals surface area contributed by atoms with Crippen LogP contribution < -0.4 is 5.73 Å². The van der Waals surface area contributed by atoms with Gasteiger partial charge in [-0.15, -0.1) is 0 Å². The molecule has 0 unspecified atom stereocenters. The van der Waals surface area contributed by atoms with E-state index in [1.165, 1.54) is 0 Å². The smallest absolute Gasteiger partial charge is 0.137 e. The summed E-state index contributed by atoms with van der Waals surface area (Å²) in [6.45, 7) is 0.736. The summed E-state index contributed by atoms with van der Waals surface area (Å²) in [5, 5.41) is 1.05. The SMILES string of the molecule is CN(C)Cc1c(-c2ccc(Cl)c(Cl)c2)nc2ccc(N)cn12. The molecule has 1 aromatic carbocycles. The molecule has 2 aromatic heterocycles. The van der Waals surface area contributed by atoms with Gasteiger partial charge >= 0.3 is 0 Å². The molecule has 0 bridgehead atoms. The summed E-state index contributed by atoms with van der Waals surface area (Å²) < 4.78 is 2.02. The van der Waals surface area contributed by atoms with E-state index in [4.69, 9.17) is 33.9 Å². The van der Waals surface area contributed by atoms with Crippen molar-refractivity contribution in [3.63, 3.8) is 0 Å². The van der Waals surface area contributed by atoms with Crippen molar-refractivity contribution < 1.29 is 0 Å². The van der Waals surface area contributed by atoms with Gasteiger partial charge in [-0.1, -0.05) is 29.3 Å². The topological polar surface area (TPSA) is 46.6 Å². The van der Waals surface area contributed by atoms with Crippen LogP contribution >= 0.6 is 23.2 Å². The molecule has 0 atom stereocenters. The highest BCUT2D eigenvalue weighted by Gasteiger charge is 2.15. The largest absolute Gasteiger partial charge is 0.398 e. The van der Waals surface area contributed by atoms with Crippen LogP contribution in [0.5, 0.6) is 0 Å². The number of rotatable bonds is 3. The van der Waals surface area contributed by atoms with Crippen LogP contribution in [0.15, 0.2) is 36.5 Å². The van der Waals surface area contributed by atoms with Crippen LogP contribution in [0.2, 0.25) is 10.0 Å². The molecule has 4 nitrogen and oxygen atoms in total. The molecular formula is C16H16Cl2N4. The lowest BCUT2D eigenvalue weighted by Crippen LogP contribution is -2.13. The third-order valence-corrected chi connectivity index (χ3v) is 4.14. The van der Waals surface area contributed by atoms with Gasteiger partial charge in [0, 0.05) is 24.0 Å². The van der Waals surface area contributed by atoms with Crippen molar-refractivity contribution >= 4 is 34.5 Å². The van der Waals surface area contributed by atoms with Crippen LogP contribution in [0.3, 0.4) is 0 Å². The number of nitrogens with zero attached hydrogens (tertiary/aromatic N) is 3. The standard InChI is InChI=1S/C16H16Cl2N4/c1-21(2)9-14-16(10-3-5-12(17)13(18)7-10)20-15-6-4-11(19)8-22(14)15/h3-8H,9,19H2,1-2H3. The average molecular weight is 335 g/mol. The monoisotopic (exact) mass is 334 g/mol. The van der Waals surface area contributed by atoms with Crippen molar-refractivity contribution in [3.05, 3.63) is 52.3 Å². The predicted molar refractivity (Wildman–Crippen MR) is 92.5 cm³/mol. The normalized spacial score (nSPS) is 11.5. The van der Waals surface area contributed by atoms with Crippen LogP contribution in [-0.2, 0) is 6.54 Å². The predicted octanol–water partition coefficient (Wildman–Crippen LogP) is 3.95. The Hall–Kier alpha value is -1.75. The summed E-state index contributed by atoms with van der Waals surface area (Å²) in [5.41, 5.74) is 10.4. The highest BCUT2D eigenvalue weighted by Crippen LogP contribution is 2.31. The summed E-state index contributed by atoms with van der Waals surface area (Å²) >= 11 is 12.2. The number of nitrogen functional groups attached to an aromatic ring is 1. The lowest BCUT2D eigenvalue weighted by molar-refractivity contribution is 0.396. The van der Waals surface area contributed by atoms with Crippen molar-refractivity contribution in [1.82, 2.24) is 14.3 Å². The van der Waals surface area contributed by atoms with Crippen LogP contribution in [0.1, 0.15) is 5.69 Å². The lowest BCUT2D eigenvalue weighted by Gasteiger charge is -2.12. The summed E-state index contributed by atoms with van der Waals surface area (Å²) in [5.74, 6) is 0. The molecule has 2 N–H and O–H groups in total. The van der Waals surface area contributed by atoms with Crippen molar-refractivity contribution in [1.29, 1.82) is 0 Å². The Labute approximate surface area is 139 Å². The second kappa shape index (κ2) is 5.80. The molecule has 0 radical (unpaired) electrons. The van der Waals surface area contributed by atoms with Gasteiger partial charge in [0.1, 0.15) is 5.65 Å². The molecule has 3 aromatic rings.